The molecule has 0 fully saturated rings. The molecule has 1 aromatic rings. The molecule has 1 rings (SSSR count). The number of nitrogens with one attached hydrogen (secondary N) is 1. The molecule has 0 saturated carbocycles. The minimum atomic E-state index is -2.96. The molecule has 0 aliphatic rings. The molecule has 21 heavy (non-hydrogen) atoms. The monoisotopic (exact) mass is 324 g/mol. The van der Waals surface area contributed by atoms with Crippen molar-refractivity contribution in [1.82, 2.24) is 5.32 Å². The van der Waals surface area contributed by atoms with Crippen LogP contribution >= 0.6 is 12.4 Å². The van der Waals surface area contributed by atoms with E-state index in [1.54, 1.807) is 13.8 Å². The Labute approximate surface area is 128 Å². The van der Waals surface area contributed by atoms with Crippen molar-refractivity contribution in [3.05, 3.63) is 23.8 Å². The number of halogens is 3. The van der Waals surface area contributed by atoms with Gasteiger partial charge in [0, 0.05) is 17.6 Å². The Kier molecular flexibility index (Phi) is 7.38. The first-order chi connectivity index (χ1) is 9.23. The van der Waals surface area contributed by atoms with Crippen molar-refractivity contribution in [3.8, 4) is 11.5 Å². The summed E-state index contributed by atoms with van der Waals surface area (Å²) in [7, 11) is 1.30. The van der Waals surface area contributed by atoms with Crippen LogP contribution in [0.15, 0.2) is 18.2 Å². The third kappa shape index (κ3) is 6.59. The van der Waals surface area contributed by atoms with Crippen molar-refractivity contribution in [3.63, 3.8) is 0 Å². The molecule has 0 bridgehead atoms. The van der Waals surface area contributed by atoms with E-state index in [1.165, 1.54) is 25.3 Å². The van der Waals surface area contributed by atoms with Gasteiger partial charge >= 0.3 is 6.61 Å². The van der Waals surface area contributed by atoms with Gasteiger partial charge in [0.25, 0.3) is 5.91 Å². The van der Waals surface area contributed by atoms with Crippen molar-refractivity contribution in [2.75, 3.05) is 13.7 Å². The van der Waals surface area contributed by atoms with Crippen molar-refractivity contribution in [2.45, 2.75) is 26.0 Å². The molecular weight excluding hydrogens is 306 g/mol. The number of ether oxygens (including phenoxy) is 2. The molecule has 5 nitrogen and oxygen atoms in total. The van der Waals surface area contributed by atoms with Crippen molar-refractivity contribution in [2.24, 2.45) is 5.73 Å². The lowest BCUT2D eigenvalue weighted by Gasteiger charge is -2.19. The Morgan fingerprint density at radius 2 is 2.00 bits per heavy atom. The van der Waals surface area contributed by atoms with Crippen molar-refractivity contribution in [1.29, 1.82) is 0 Å². The average molecular weight is 325 g/mol. The van der Waals surface area contributed by atoms with Gasteiger partial charge in [-0.1, -0.05) is 0 Å². The Morgan fingerprint density at radius 1 is 1.38 bits per heavy atom. The molecule has 0 heterocycles. The summed E-state index contributed by atoms with van der Waals surface area (Å²) >= 11 is 0. The standard InChI is InChI=1S/C13H18F2N2O3.ClH/c1-13(2,16)7-17-11(18)8-4-5-9(20-12(14)15)10(6-8)19-3;/h4-6,12H,7,16H2,1-3H3,(H,17,18);1H. The van der Waals surface area contributed by atoms with Crippen LogP contribution in [0.4, 0.5) is 8.78 Å². The second-order valence-corrected chi connectivity index (χ2v) is 4.92. The van der Waals surface area contributed by atoms with E-state index in [-0.39, 0.29) is 41.9 Å². The lowest BCUT2D eigenvalue weighted by molar-refractivity contribution is -0.0512. The summed E-state index contributed by atoms with van der Waals surface area (Å²) in [5.41, 5.74) is 5.48. The summed E-state index contributed by atoms with van der Waals surface area (Å²) in [5, 5.41) is 2.64. The molecule has 3 N–H and O–H groups in total. The van der Waals surface area contributed by atoms with Gasteiger partial charge < -0.3 is 20.5 Å². The fourth-order valence-corrected chi connectivity index (χ4v) is 1.41. The van der Waals surface area contributed by atoms with Crippen LogP contribution in [-0.4, -0.2) is 31.7 Å². The van der Waals surface area contributed by atoms with E-state index in [0.29, 0.717) is 0 Å². The van der Waals surface area contributed by atoms with Gasteiger partial charge in [0.1, 0.15) is 0 Å². The third-order valence-corrected chi connectivity index (χ3v) is 2.35. The van der Waals surface area contributed by atoms with E-state index in [4.69, 9.17) is 10.5 Å². The van der Waals surface area contributed by atoms with E-state index in [1.807, 2.05) is 0 Å². The quantitative estimate of drug-likeness (QED) is 0.841. The Hall–Kier alpha value is -1.60. The number of hydrogen-bond donors (Lipinski definition) is 2. The van der Waals surface area contributed by atoms with E-state index in [2.05, 4.69) is 10.1 Å². The molecule has 0 saturated heterocycles. The first kappa shape index (κ1) is 19.4. The van der Waals surface area contributed by atoms with Gasteiger partial charge in [0.2, 0.25) is 0 Å². The van der Waals surface area contributed by atoms with E-state index in [9.17, 15) is 13.6 Å². The Bertz CT molecular complexity index is 479. The molecule has 1 aromatic carbocycles. The van der Waals surface area contributed by atoms with E-state index in [0.717, 1.165) is 0 Å². The van der Waals surface area contributed by atoms with Crippen LogP contribution in [0.2, 0.25) is 0 Å². The summed E-state index contributed by atoms with van der Waals surface area (Å²) in [4.78, 5) is 11.9. The van der Waals surface area contributed by atoms with Gasteiger partial charge in [0.05, 0.1) is 7.11 Å². The molecule has 0 aliphatic heterocycles. The fourth-order valence-electron chi connectivity index (χ4n) is 1.41. The number of benzene rings is 1. The molecule has 0 unspecified atom stereocenters. The van der Waals surface area contributed by atoms with Gasteiger partial charge in [0.15, 0.2) is 11.5 Å². The highest BCUT2D eigenvalue weighted by Crippen LogP contribution is 2.29. The minimum Gasteiger partial charge on any atom is -0.493 e. The van der Waals surface area contributed by atoms with Gasteiger partial charge in [-0.25, -0.2) is 0 Å². The largest absolute Gasteiger partial charge is 0.493 e. The number of carbonyl (C=O) groups excluding carboxylic acids is 1. The summed E-state index contributed by atoms with van der Waals surface area (Å²) < 4.78 is 33.5. The first-order valence-electron chi connectivity index (χ1n) is 5.93. The van der Waals surface area contributed by atoms with Crippen LogP contribution in [-0.2, 0) is 0 Å². The zero-order valence-corrected chi connectivity index (χ0v) is 12.8. The number of amides is 1. The highest BCUT2D eigenvalue weighted by atomic mass is 35.5. The van der Waals surface area contributed by atoms with Gasteiger partial charge in [-0.15, -0.1) is 12.4 Å². The molecular formula is C13H19ClF2N2O3. The summed E-state index contributed by atoms with van der Waals surface area (Å²) in [6, 6.07) is 3.96. The Morgan fingerprint density at radius 3 is 2.48 bits per heavy atom. The van der Waals surface area contributed by atoms with Crippen LogP contribution in [0, 0.1) is 0 Å². The first-order valence-corrected chi connectivity index (χ1v) is 5.93. The third-order valence-electron chi connectivity index (χ3n) is 2.35. The van der Waals surface area contributed by atoms with E-state index < -0.39 is 12.2 Å². The lowest BCUT2D eigenvalue weighted by Crippen LogP contribution is -2.45. The fraction of sp³-hybridized carbons (Fsp3) is 0.462. The van der Waals surface area contributed by atoms with Crippen LogP contribution in [0.3, 0.4) is 0 Å². The van der Waals surface area contributed by atoms with Crippen molar-refractivity contribution >= 4 is 18.3 Å². The van der Waals surface area contributed by atoms with Crippen LogP contribution in [0.1, 0.15) is 24.2 Å². The summed E-state index contributed by atoms with van der Waals surface area (Å²) in [5.74, 6) is -0.436. The molecule has 8 heteroatoms. The number of alkyl halides is 2. The second kappa shape index (κ2) is 7.99. The number of methoxy groups -OCH3 is 1. The van der Waals surface area contributed by atoms with Gasteiger partial charge in [-0.2, -0.15) is 8.78 Å². The molecule has 0 radical (unpaired) electrons. The SMILES string of the molecule is COc1cc(C(=O)NCC(C)(C)N)ccc1OC(F)F.Cl. The molecule has 1 amide bonds. The molecule has 120 valence electrons. The Balaban J connectivity index is 0.00000400. The number of rotatable bonds is 6. The van der Waals surface area contributed by atoms with Crippen LogP contribution in [0.25, 0.3) is 0 Å². The highest BCUT2D eigenvalue weighted by molar-refractivity contribution is 5.94. The van der Waals surface area contributed by atoms with Gasteiger partial charge in [-0.05, 0) is 32.0 Å². The lowest BCUT2D eigenvalue weighted by atomic mass is 10.1. The maximum Gasteiger partial charge on any atom is 0.387 e. The van der Waals surface area contributed by atoms with Crippen molar-refractivity contribution < 1.29 is 23.0 Å². The predicted molar refractivity (Wildman–Crippen MR) is 77.5 cm³/mol. The minimum absolute atomic E-state index is 0. The summed E-state index contributed by atoms with van der Waals surface area (Å²) in [6.07, 6.45) is 0. The highest BCUT2D eigenvalue weighted by Gasteiger charge is 2.16. The smallest absolute Gasteiger partial charge is 0.387 e. The normalized spacial score (nSPS) is 10.8. The number of carbonyl (C=O) groups is 1. The van der Waals surface area contributed by atoms with Gasteiger partial charge in [-0.3, -0.25) is 4.79 Å². The molecule has 0 aliphatic carbocycles. The average Bonchev–Trinajstić information content (AvgIpc) is 2.34. The maximum absolute atomic E-state index is 12.2. The molecule has 0 spiro atoms. The number of nitrogens with two attached hydrogens (primary N) is 1. The second-order valence-electron chi connectivity index (χ2n) is 4.92. The zero-order chi connectivity index (χ0) is 15.3. The topological polar surface area (TPSA) is 73.6 Å². The van der Waals surface area contributed by atoms with Crippen LogP contribution in [0.5, 0.6) is 11.5 Å². The maximum atomic E-state index is 12.2. The van der Waals surface area contributed by atoms with E-state index >= 15 is 0 Å². The molecule has 0 aromatic heterocycles. The molecule has 0 atom stereocenters. The number of hydrogen-bond acceptors (Lipinski definition) is 4. The van der Waals surface area contributed by atoms with Crippen LogP contribution < -0.4 is 20.5 Å². The summed E-state index contributed by atoms with van der Waals surface area (Å²) in [6.45, 7) is 0.867. The predicted octanol–water partition coefficient (Wildman–Crippen LogP) is 2.19. The zero-order valence-electron chi connectivity index (χ0n) is 12.0.